The fraction of sp³-hybridized carbons (Fsp3) is 0.273. The van der Waals surface area contributed by atoms with Gasteiger partial charge in [0.2, 0.25) is 0 Å². The van der Waals surface area contributed by atoms with Crippen LogP contribution in [0.4, 0.5) is 5.82 Å². The molecule has 2 aromatic heterocycles. The molecule has 3 nitrogen and oxygen atoms in total. The van der Waals surface area contributed by atoms with E-state index < -0.39 is 0 Å². The largest absolute Gasteiger partial charge is 0.384 e. The molecule has 3 heteroatoms. The van der Waals surface area contributed by atoms with Crippen LogP contribution in [-0.4, -0.2) is 9.97 Å². The van der Waals surface area contributed by atoms with E-state index in [0.29, 0.717) is 5.82 Å². The summed E-state index contributed by atoms with van der Waals surface area (Å²) >= 11 is 0. The molecule has 0 aliphatic carbocycles. The van der Waals surface area contributed by atoms with Gasteiger partial charge in [-0.1, -0.05) is 0 Å². The van der Waals surface area contributed by atoms with E-state index in [1.165, 1.54) is 11.1 Å². The molecule has 0 fully saturated rings. The fourth-order valence-electron chi connectivity index (χ4n) is 1.56. The smallest absolute Gasteiger partial charge is 0.162 e. The minimum Gasteiger partial charge on any atom is -0.384 e. The lowest BCUT2D eigenvalue weighted by Crippen LogP contribution is -1.97. The summed E-state index contributed by atoms with van der Waals surface area (Å²) in [7, 11) is 0. The van der Waals surface area contributed by atoms with Crippen molar-refractivity contribution < 1.29 is 0 Å². The van der Waals surface area contributed by atoms with Gasteiger partial charge < -0.3 is 5.73 Å². The summed E-state index contributed by atoms with van der Waals surface area (Å²) in [5, 5.41) is 1.09. The summed E-state index contributed by atoms with van der Waals surface area (Å²) in [4.78, 5) is 8.61. The van der Waals surface area contributed by atoms with Crippen LogP contribution >= 0.6 is 0 Å². The Balaban J connectivity index is 2.91. The van der Waals surface area contributed by atoms with Crippen LogP contribution in [0.25, 0.3) is 11.0 Å². The average Bonchev–Trinajstić information content (AvgIpc) is 2.14. The van der Waals surface area contributed by atoms with Gasteiger partial charge in [-0.3, -0.25) is 0 Å². The highest BCUT2D eigenvalue weighted by Gasteiger charge is 2.06. The van der Waals surface area contributed by atoms with Crippen LogP contribution in [0.15, 0.2) is 12.1 Å². The number of anilines is 1. The molecule has 0 saturated heterocycles. The number of aromatic nitrogens is 2. The molecule has 14 heavy (non-hydrogen) atoms. The molecule has 2 rings (SSSR count). The third-order valence-electron chi connectivity index (χ3n) is 2.68. The Kier molecular flexibility index (Phi) is 1.88. The molecular weight excluding hydrogens is 174 g/mol. The molecule has 0 saturated carbocycles. The second-order valence-corrected chi connectivity index (χ2v) is 3.55. The molecular formula is C11H13N3. The van der Waals surface area contributed by atoms with Crippen molar-refractivity contribution in [3.63, 3.8) is 0 Å². The van der Waals surface area contributed by atoms with Gasteiger partial charge in [-0.15, -0.1) is 0 Å². The average molecular weight is 187 g/mol. The van der Waals surface area contributed by atoms with Crippen LogP contribution in [0.1, 0.15) is 16.8 Å². The van der Waals surface area contributed by atoms with Crippen LogP contribution in [0.3, 0.4) is 0 Å². The van der Waals surface area contributed by atoms with Crippen LogP contribution in [0, 0.1) is 20.8 Å². The molecule has 72 valence electrons. The quantitative estimate of drug-likeness (QED) is 0.687. The molecule has 0 unspecified atom stereocenters. The van der Waals surface area contributed by atoms with Gasteiger partial charge in [-0.25, -0.2) is 9.97 Å². The van der Waals surface area contributed by atoms with E-state index >= 15 is 0 Å². The van der Waals surface area contributed by atoms with Crippen molar-refractivity contribution in [1.82, 2.24) is 9.97 Å². The van der Waals surface area contributed by atoms with Gasteiger partial charge in [-0.2, -0.15) is 0 Å². The van der Waals surface area contributed by atoms with Gasteiger partial charge in [-0.05, 0) is 44.0 Å². The first-order valence-corrected chi connectivity index (χ1v) is 4.59. The number of nitrogen functional groups attached to an aromatic ring is 1. The molecule has 0 atom stereocenters. The topological polar surface area (TPSA) is 51.8 Å². The third kappa shape index (κ3) is 1.21. The highest BCUT2D eigenvalue weighted by Crippen LogP contribution is 2.21. The lowest BCUT2D eigenvalue weighted by Gasteiger charge is -2.07. The number of fused-ring (bicyclic) bond motifs is 1. The Morgan fingerprint density at radius 1 is 1.00 bits per heavy atom. The molecule has 2 N–H and O–H groups in total. The number of hydrogen-bond donors (Lipinski definition) is 1. The maximum absolute atomic E-state index is 5.61. The Bertz CT molecular complexity index is 503. The minimum absolute atomic E-state index is 0.521. The second kappa shape index (κ2) is 2.94. The minimum atomic E-state index is 0.521. The molecule has 0 aromatic carbocycles. The van der Waals surface area contributed by atoms with Crippen LogP contribution in [0.2, 0.25) is 0 Å². The molecule has 2 heterocycles. The summed E-state index contributed by atoms with van der Waals surface area (Å²) < 4.78 is 0. The number of pyridine rings is 2. The van der Waals surface area contributed by atoms with Crippen LogP contribution in [0.5, 0.6) is 0 Å². The molecule has 0 aliphatic rings. The Morgan fingerprint density at radius 3 is 2.43 bits per heavy atom. The Hall–Kier alpha value is -1.64. The van der Waals surface area contributed by atoms with Crippen molar-refractivity contribution in [1.29, 1.82) is 0 Å². The first-order chi connectivity index (χ1) is 6.59. The van der Waals surface area contributed by atoms with E-state index in [1.807, 2.05) is 19.1 Å². The number of nitrogens with zero attached hydrogens (tertiary/aromatic N) is 2. The van der Waals surface area contributed by atoms with E-state index in [4.69, 9.17) is 5.73 Å². The van der Waals surface area contributed by atoms with E-state index in [-0.39, 0.29) is 0 Å². The third-order valence-corrected chi connectivity index (χ3v) is 2.68. The van der Waals surface area contributed by atoms with Gasteiger partial charge in [0.25, 0.3) is 0 Å². The number of nitrogens with two attached hydrogens (primary N) is 1. The molecule has 0 radical (unpaired) electrons. The lowest BCUT2D eigenvalue weighted by molar-refractivity contribution is 1.14. The summed E-state index contributed by atoms with van der Waals surface area (Å²) in [6, 6.07) is 3.79. The lowest BCUT2D eigenvalue weighted by atomic mass is 10.1. The second-order valence-electron chi connectivity index (χ2n) is 3.55. The van der Waals surface area contributed by atoms with Gasteiger partial charge >= 0.3 is 0 Å². The van der Waals surface area contributed by atoms with Gasteiger partial charge in [0.1, 0.15) is 5.82 Å². The molecule has 0 bridgehead atoms. The van der Waals surface area contributed by atoms with Crippen molar-refractivity contribution in [2.75, 3.05) is 5.73 Å². The zero-order valence-electron chi connectivity index (χ0n) is 8.63. The van der Waals surface area contributed by atoms with E-state index in [0.717, 1.165) is 16.7 Å². The zero-order chi connectivity index (χ0) is 10.3. The summed E-state index contributed by atoms with van der Waals surface area (Å²) in [5.41, 5.74) is 9.84. The normalized spacial score (nSPS) is 10.8. The zero-order valence-corrected chi connectivity index (χ0v) is 8.63. The number of rotatable bonds is 0. The van der Waals surface area contributed by atoms with Crippen molar-refractivity contribution >= 4 is 16.9 Å². The summed E-state index contributed by atoms with van der Waals surface area (Å²) in [6.45, 7) is 6.16. The molecule has 0 aliphatic heterocycles. The van der Waals surface area contributed by atoms with Crippen molar-refractivity contribution in [2.45, 2.75) is 20.8 Å². The summed E-state index contributed by atoms with van der Waals surface area (Å²) in [5.74, 6) is 0.521. The van der Waals surface area contributed by atoms with Crippen molar-refractivity contribution in [2.24, 2.45) is 0 Å². The standard InChI is InChI=1S/C11H13N3/c1-6-7(2)9-4-5-10(12)14-11(9)13-8(6)3/h4-5H,1-3H3,(H2,12,13,14). The molecule has 0 amide bonds. The van der Waals surface area contributed by atoms with Gasteiger partial charge in [0.15, 0.2) is 5.65 Å². The van der Waals surface area contributed by atoms with E-state index in [2.05, 4.69) is 23.8 Å². The highest BCUT2D eigenvalue weighted by atomic mass is 14.9. The SMILES string of the molecule is Cc1nc2nc(N)ccc2c(C)c1C. The fourth-order valence-corrected chi connectivity index (χ4v) is 1.56. The first-order valence-electron chi connectivity index (χ1n) is 4.59. The van der Waals surface area contributed by atoms with E-state index in [1.54, 1.807) is 0 Å². The maximum atomic E-state index is 5.61. The monoisotopic (exact) mass is 187 g/mol. The Labute approximate surface area is 83.0 Å². The highest BCUT2D eigenvalue weighted by molar-refractivity contribution is 5.81. The first kappa shape index (κ1) is 8.94. The molecule has 0 spiro atoms. The van der Waals surface area contributed by atoms with Crippen LogP contribution < -0.4 is 5.73 Å². The number of aryl methyl sites for hydroxylation is 2. The van der Waals surface area contributed by atoms with Gasteiger partial charge in [0, 0.05) is 11.1 Å². The van der Waals surface area contributed by atoms with Crippen molar-refractivity contribution in [3.8, 4) is 0 Å². The predicted molar refractivity (Wildman–Crippen MR) is 58.2 cm³/mol. The van der Waals surface area contributed by atoms with Crippen molar-refractivity contribution in [3.05, 3.63) is 29.0 Å². The Morgan fingerprint density at radius 2 is 1.71 bits per heavy atom. The van der Waals surface area contributed by atoms with Crippen LogP contribution in [-0.2, 0) is 0 Å². The van der Waals surface area contributed by atoms with E-state index in [9.17, 15) is 0 Å². The predicted octanol–water partition coefficient (Wildman–Crippen LogP) is 2.14. The summed E-state index contributed by atoms with van der Waals surface area (Å²) in [6.07, 6.45) is 0. The molecule has 2 aromatic rings. The maximum Gasteiger partial charge on any atom is 0.162 e. The number of hydrogen-bond acceptors (Lipinski definition) is 3. The van der Waals surface area contributed by atoms with Gasteiger partial charge in [0.05, 0.1) is 0 Å².